The highest BCUT2D eigenvalue weighted by Gasteiger charge is 1.98. The molecular formula is C10H20O8S. The minimum Gasteiger partial charge on any atom is -0.481 e. The van der Waals surface area contributed by atoms with Crippen molar-refractivity contribution in [1.82, 2.24) is 0 Å². The summed E-state index contributed by atoms with van der Waals surface area (Å²) in [4.78, 5) is 20.3. The summed E-state index contributed by atoms with van der Waals surface area (Å²) in [5.74, 6) is -1.48. The zero-order valence-corrected chi connectivity index (χ0v) is 11.3. The van der Waals surface area contributed by atoms with Gasteiger partial charge in [-0.05, 0) is 12.8 Å². The third-order valence-corrected chi connectivity index (χ3v) is 2.03. The minimum absolute atomic E-state index is 0.245. The van der Waals surface area contributed by atoms with Gasteiger partial charge in [0.05, 0.1) is 0 Å². The molecule has 0 rings (SSSR count). The van der Waals surface area contributed by atoms with Crippen LogP contribution in [0.1, 0.15) is 51.4 Å². The summed E-state index contributed by atoms with van der Waals surface area (Å²) in [5, 5.41) is 16.7. The molecule has 19 heavy (non-hydrogen) atoms. The first-order chi connectivity index (χ1) is 8.63. The van der Waals surface area contributed by atoms with Gasteiger partial charge in [-0.25, -0.2) is 0 Å². The van der Waals surface area contributed by atoms with Crippen molar-refractivity contribution in [3.05, 3.63) is 0 Å². The number of hydrogen-bond acceptors (Lipinski definition) is 4. The first-order valence-corrected chi connectivity index (χ1v) is 7.16. The molecule has 0 aromatic carbocycles. The molecule has 0 atom stereocenters. The van der Waals surface area contributed by atoms with E-state index < -0.39 is 22.3 Å². The molecule has 0 saturated carbocycles. The number of carboxylic acids is 2. The van der Waals surface area contributed by atoms with Crippen LogP contribution in [0.3, 0.4) is 0 Å². The number of hydrogen-bond donors (Lipinski definition) is 4. The van der Waals surface area contributed by atoms with Crippen LogP contribution in [-0.2, 0) is 20.0 Å². The third-order valence-electron chi connectivity index (χ3n) is 2.03. The van der Waals surface area contributed by atoms with Crippen molar-refractivity contribution >= 4 is 22.3 Å². The van der Waals surface area contributed by atoms with Gasteiger partial charge in [-0.15, -0.1) is 0 Å². The van der Waals surface area contributed by atoms with E-state index in [4.69, 9.17) is 27.7 Å². The second kappa shape index (κ2) is 11.9. The van der Waals surface area contributed by atoms with Gasteiger partial charge >= 0.3 is 22.3 Å². The molecule has 0 heterocycles. The average Bonchev–Trinajstić information content (AvgIpc) is 2.18. The Labute approximate surface area is 112 Å². The van der Waals surface area contributed by atoms with Crippen molar-refractivity contribution in [3.63, 3.8) is 0 Å². The molecule has 4 N–H and O–H groups in total. The van der Waals surface area contributed by atoms with E-state index in [1.165, 1.54) is 0 Å². The van der Waals surface area contributed by atoms with E-state index in [1.54, 1.807) is 0 Å². The molecule has 0 aromatic rings. The maximum absolute atomic E-state index is 10.1. The molecule has 0 aliphatic carbocycles. The number of carbonyl (C=O) groups is 2. The van der Waals surface area contributed by atoms with Crippen molar-refractivity contribution in [2.24, 2.45) is 0 Å². The number of aliphatic carboxylic acids is 2. The van der Waals surface area contributed by atoms with E-state index in [-0.39, 0.29) is 12.8 Å². The Bertz CT molecular complexity index is 321. The SMILES string of the molecule is O=C(O)CCCCCCCCC(=O)O.O=S(=O)(O)O. The topological polar surface area (TPSA) is 149 Å². The number of unbranched alkanes of at least 4 members (excludes halogenated alkanes) is 5. The fourth-order valence-electron chi connectivity index (χ4n) is 1.26. The largest absolute Gasteiger partial charge is 0.481 e. The maximum atomic E-state index is 10.1. The second-order valence-electron chi connectivity index (χ2n) is 3.86. The smallest absolute Gasteiger partial charge is 0.394 e. The van der Waals surface area contributed by atoms with E-state index in [9.17, 15) is 9.59 Å². The monoisotopic (exact) mass is 300 g/mol. The summed E-state index contributed by atoms with van der Waals surface area (Å²) < 4.78 is 31.6. The third kappa shape index (κ3) is 38.3. The van der Waals surface area contributed by atoms with Gasteiger partial charge in [0.15, 0.2) is 0 Å². The van der Waals surface area contributed by atoms with Crippen LogP contribution in [0.5, 0.6) is 0 Å². The molecule has 0 spiro atoms. The molecule has 0 fully saturated rings. The highest BCUT2D eigenvalue weighted by atomic mass is 32.3. The Morgan fingerprint density at radius 1 is 0.684 bits per heavy atom. The van der Waals surface area contributed by atoms with Crippen LogP contribution in [0.2, 0.25) is 0 Å². The summed E-state index contributed by atoms with van der Waals surface area (Å²) in [5.41, 5.74) is 0. The van der Waals surface area contributed by atoms with Gasteiger partial charge < -0.3 is 10.2 Å². The van der Waals surface area contributed by atoms with E-state index in [1.807, 2.05) is 0 Å². The van der Waals surface area contributed by atoms with Gasteiger partial charge in [-0.2, -0.15) is 8.42 Å². The first-order valence-electron chi connectivity index (χ1n) is 5.76. The van der Waals surface area contributed by atoms with Crippen molar-refractivity contribution in [3.8, 4) is 0 Å². The molecule has 9 heteroatoms. The molecule has 0 unspecified atom stereocenters. The molecule has 8 nitrogen and oxygen atoms in total. The Hall–Kier alpha value is -1.19. The highest BCUT2D eigenvalue weighted by molar-refractivity contribution is 7.79. The molecular weight excluding hydrogens is 280 g/mol. The van der Waals surface area contributed by atoms with E-state index in [0.29, 0.717) is 0 Å². The minimum atomic E-state index is -4.67. The zero-order valence-electron chi connectivity index (χ0n) is 10.5. The fraction of sp³-hybridized carbons (Fsp3) is 0.800. The molecule has 0 saturated heterocycles. The Balaban J connectivity index is 0. The lowest BCUT2D eigenvalue weighted by molar-refractivity contribution is -0.138. The van der Waals surface area contributed by atoms with Crippen LogP contribution in [0.15, 0.2) is 0 Å². The van der Waals surface area contributed by atoms with E-state index in [0.717, 1.165) is 38.5 Å². The highest BCUT2D eigenvalue weighted by Crippen LogP contribution is 2.08. The van der Waals surface area contributed by atoms with Crippen LogP contribution >= 0.6 is 0 Å². The summed E-state index contributed by atoms with van der Waals surface area (Å²) >= 11 is 0. The molecule has 114 valence electrons. The molecule has 0 amide bonds. The van der Waals surface area contributed by atoms with Crippen LogP contribution in [0.4, 0.5) is 0 Å². The Morgan fingerprint density at radius 3 is 1.11 bits per heavy atom. The quantitative estimate of drug-likeness (QED) is 0.370. The summed E-state index contributed by atoms with van der Waals surface area (Å²) in [6.45, 7) is 0. The normalized spacial score (nSPS) is 10.4. The second-order valence-corrected chi connectivity index (χ2v) is 4.75. The van der Waals surface area contributed by atoms with Gasteiger partial charge in [0.2, 0.25) is 0 Å². The zero-order chi connectivity index (χ0) is 15.3. The number of carboxylic acid groups (broad SMARTS) is 2. The molecule has 0 aliphatic rings. The maximum Gasteiger partial charge on any atom is 0.394 e. The van der Waals surface area contributed by atoms with Crippen LogP contribution in [0.25, 0.3) is 0 Å². The van der Waals surface area contributed by atoms with Gasteiger partial charge in [-0.1, -0.05) is 25.7 Å². The van der Waals surface area contributed by atoms with Crippen LogP contribution in [0, 0.1) is 0 Å². The summed E-state index contributed by atoms with van der Waals surface area (Å²) in [6, 6.07) is 0. The summed E-state index contributed by atoms with van der Waals surface area (Å²) in [7, 11) is -4.67. The standard InChI is InChI=1S/C10H18O4.H2O4S/c11-9(12)7-5-3-1-2-4-6-8-10(13)14;1-5(2,3)4/h1-8H2,(H,11,12)(H,13,14);(H2,1,2,3,4). The predicted molar refractivity (Wildman–Crippen MR) is 66.4 cm³/mol. The van der Waals surface area contributed by atoms with Crippen molar-refractivity contribution in [1.29, 1.82) is 0 Å². The fourth-order valence-corrected chi connectivity index (χ4v) is 1.26. The lowest BCUT2D eigenvalue weighted by atomic mass is 10.1. The van der Waals surface area contributed by atoms with Crippen molar-refractivity contribution in [2.75, 3.05) is 0 Å². The Morgan fingerprint density at radius 2 is 0.895 bits per heavy atom. The lowest BCUT2D eigenvalue weighted by Gasteiger charge is -1.98. The molecule has 0 aromatic heterocycles. The van der Waals surface area contributed by atoms with E-state index in [2.05, 4.69) is 0 Å². The van der Waals surface area contributed by atoms with Gasteiger partial charge in [0.25, 0.3) is 0 Å². The van der Waals surface area contributed by atoms with Crippen LogP contribution < -0.4 is 0 Å². The van der Waals surface area contributed by atoms with Crippen LogP contribution in [-0.4, -0.2) is 39.7 Å². The predicted octanol–water partition coefficient (Wildman–Crippen LogP) is 1.62. The first kappa shape index (κ1) is 20.1. The summed E-state index contributed by atoms with van der Waals surface area (Å²) in [6.07, 6.45) is 5.82. The van der Waals surface area contributed by atoms with E-state index >= 15 is 0 Å². The van der Waals surface area contributed by atoms with Gasteiger partial charge in [0, 0.05) is 12.8 Å². The van der Waals surface area contributed by atoms with Gasteiger partial charge in [0.1, 0.15) is 0 Å². The lowest BCUT2D eigenvalue weighted by Crippen LogP contribution is -1.94. The molecule has 0 radical (unpaired) electrons. The molecule has 0 aliphatic heterocycles. The average molecular weight is 300 g/mol. The van der Waals surface area contributed by atoms with Crippen molar-refractivity contribution in [2.45, 2.75) is 51.4 Å². The van der Waals surface area contributed by atoms with Crippen molar-refractivity contribution < 1.29 is 37.3 Å². The molecule has 0 bridgehead atoms. The number of rotatable bonds is 9. The Kier molecular flexibility index (Phi) is 12.6. The van der Waals surface area contributed by atoms with Gasteiger partial charge in [-0.3, -0.25) is 18.7 Å².